The first kappa shape index (κ1) is 24.1. The maximum atomic E-state index is 11.9. The van der Waals surface area contributed by atoms with Gasteiger partial charge in [0.25, 0.3) is 0 Å². The lowest BCUT2D eigenvalue weighted by atomic mass is 9.95. The van der Waals surface area contributed by atoms with E-state index in [1.807, 2.05) is 47.5 Å². The van der Waals surface area contributed by atoms with E-state index in [0.717, 1.165) is 16.7 Å². The molecular formula is C25H28N4O4S. The van der Waals surface area contributed by atoms with Crippen molar-refractivity contribution >= 4 is 15.9 Å². The monoisotopic (exact) mass is 480 g/mol. The van der Waals surface area contributed by atoms with E-state index in [1.54, 1.807) is 31.4 Å². The third-order valence-electron chi connectivity index (χ3n) is 5.85. The van der Waals surface area contributed by atoms with Crippen molar-refractivity contribution in [1.82, 2.24) is 5.06 Å². The van der Waals surface area contributed by atoms with Crippen molar-refractivity contribution < 1.29 is 18.0 Å². The number of nitrogen functional groups attached to an aromatic ring is 1. The second kappa shape index (κ2) is 10.0. The highest BCUT2D eigenvalue weighted by atomic mass is 32.2. The molecule has 1 saturated heterocycles. The number of ether oxygens (including phenoxy) is 1. The van der Waals surface area contributed by atoms with Crippen molar-refractivity contribution in [1.29, 1.82) is 5.41 Å². The van der Waals surface area contributed by atoms with E-state index in [1.165, 1.54) is 6.07 Å². The third kappa shape index (κ3) is 5.35. The van der Waals surface area contributed by atoms with Crippen LogP contribution < -0.4 is 10.9 Å². The minimum absolute atomic E-state index is 0.0177. The van der Waals surface area contributed by atoms with Crippen molar-refractivity contribution in [2.45, 2.75) is 17.5 Å². The fourth-order valence-electron chi connectivity index (χ4n) is 4.27. The van der Waals surface area contributed by atoms with Crippen molar-refractivity contribution in [2.75, 3.05) is 20.3 Å². The summed E-state index contributed by atoms with van der Waals surface area (Å²) in [5.74, 6) is 0.136. The fraction of sp³-hybridized carbons (Fsp3) is 0.240. The molecule has 0 aliphatic carbocycles. The quantitative estimate of drug-likeness (QED) is 0.335. The maximum Gasteiger partial charge on any atom is 0.238 e. The number of hydrogen-bond acceptors (Lipinski definition) is 6. The molecule has 34 heavy (non-hydrogen) atoms. The summed E-state index contributed by atoms with van der Waals surface area (Å²) in [6.45, 7) is 1.77. The van der Waals surface area contributed by atoms with Gasteiger partial charge in [-0.3, -0.25) is 10.2 Å². The van der Waals surface area contributed by atoms with Crippen LogP contribution in [-0.2, 0) is 26.1 Å². The van der Waals surface area contributed by atoms with Crippen molar-refractivity contribution in [2.24, 2.45) is 16.8 Å². The molecular weight excluding hydrogens is 452 g/mol. The number of rotatable bonds is 8. The Labute approximate surface area is 199 Å². The Hall–Kier alpha value is -3.08. The topological polar surface area (TPSA) is 132 Å². The van der Waals surface area contributed by atoms with Gasteiger partial charge in [-0.05, 0) is 28.8 Å². The molecule has 178 valence electrons. The summed E-state index contributed by atoms with van der Waals surface area (Å²) in [6.07, 6.45) is -0.208. The van der Waals surface area contributed by atoms with E-state index in [0.29, 0.717) is 30.8 Å². The summed E-state index contributed by atoms with van der Waals surface area (Å²) >= 11 is 0. The summed E-state index contributed by atoms with van der Waals surface area (Å²) in [5, 5.41) is 15.0. The van der Waals surface area contributed by atoms with E-state index in [2.05, 4.69) is 0 Å². The van der Waals surface area contributed by atoms with Crippen LogP contribution in [0.2, 0.25) is 0 Å². The molecule has 2 atom stereocenters. The lowest BCUT2D eigenvalue weighted by Gasteiger charge is -2.18. The summed E-state index contributed by atoms with van der Waals surface area (Å²) in [5.41, 5.74) is 9.63. The highest BCUT2D eigenvalue weighted by Crippen LogP contribution is 2.36. The van der Waals surface area contributed by atoms with Gasteiger partial charge in [-0.1, -0.05) is 60.7 Å². The number of hydrogen-bond donors (Lipinski definition) is 3. The molecule has 0 radical (unpaired) electrons. The largest absolute Gasteiger partial charge is 0.384 e. The first-order valence-corrected chi connectivity index (χ1v) is 12.4. The van der Waals surface area contributed by atoms with Crippen LogP contribution in [0.25, 0.3) is 11.1 Å². The average Bonchev–Trinajstić information content (AvgIpc) is 3.21. The lowest BCUT2D eigenvalue weighted by molar-refractivity contribution is -0.156. The molecule has 4 rings (SSSR count). The molecule has 0 bridgehead atoms. The van der Waals surface area contributed by atoms with E-state index in [9.17, 15) is 8.42 Å². The van der Waals surface area contributed by atoms with Gasteiger partial charge in [0.15, 0.2) is 0 Å². The Morgan fingerprint density at radius 1 is 1.12 bits per heavy atom. The summed E-state index contributed by atoms with van der Waals surface area (Å²) < 4.78 is 29.3. The van der Waals surface area contributed by atoms with Crippen LogP contribution in [0.5, 0.6) is 0 Å². The van der Waals surface area contributed by atoms with Gasteiger partial charge in [0, 0.05) is 37.2 Å². The number of nitrogens with zero attached hydrogens (tertiary/aromatic N) is 1. The van der Waals surface area contributed by atoms with Crippen LogP contribution in [0.4, 0.5) is 0 Å². The smallest absolute Gasteiger partial charge is 0.238 e. The summed E-state index contributed by atoms with van der Waals surface area (Å²) in [4.78, 5) is 6.38. The maximum absolute atomic E-state index is 11.9. The Morgan fingerprint density at radius 3 is 2.53 bits per heavy atom. The molecule has 1 fully saturated rings. The van der Waals surface area contributed by atoms with Gasteiger partial charge in [0.2, 0.25) is 10.0 Å². The Balaban J connectivity index is 1.51. The third-order valence-corrected chi connectivity index (χ3v) is 6.82. The molecule has 1 aliphatic rings. The minimum Gasteiger partial charge on any atom is -0.384 e. The van der Waals surface area contributed by atoms with E-state index < -0.39 is 10.0 Å². The van der Waals surface area contributed by atoms with Gasteiger partial charge < -0.3 is 10.5 Å². The molecule has 8 nitrogen and oxygen atoms in total. The molecule has 5 N–H and O–H groups in total. The Kier molecular flexibility index (Phi) is 7.11. The number of amidine groups is 1. The number of nitrogens with two attached hydrogens (primary N) is 2. The van der Waals surface area contributed by atoms with Crippen LogP contribution in [0.15, 0.2) is 77.7 Å². The number of benzene rings is 3. The Bertz CT molecular complexity index is 1280. The zero-order valence-corrected chi connectivity index (χ0v) is 19.7. The summed E-state index contributed by atoms with van der Waals surface area (Å²) in [6, 6.07) is 21.9. The van der Waals surface area contributed by atoms with Crippen molar-refractivity contribution in [3.8, 4) is 11.1 Å². The Morgan fingerprint density at radius 2 is 1.85 bits per heavy atom. The highest BCUT2D eigenvalue weighted by Gasteiger charge is 2.35. The lowest BCUT2D eigenvalue weighted by Crippen LogP contribution is -2.20. The average molecular weight is 481 g/mol. The van der Waals surface area contributed by atoms with E-state index in [4.69, 9.17) is 25.9 Å². The molecule has 3 aromatic carbocycles. The highest BCUT2D eigenvalue weighted by molar-refractivity contribution is 7.89. The number of hydroxylamine groups is 2. The van der Waals surface area contributed by atoms with Crippen LogP contribution in [0, 0.1) is 11.3 Å². The van der Waals surface area contributed by atoms with Crippen molar-refractivity contribution in [3.05, 3.63) is 89.5 Å². The molecule has 0 amide bonds. The minimum atomic E-state index is -3.82. The second-order valence-corrected chi connectivity index (χ2v) is 9.87. The normalized spacial score (nSPS) is 18.8. The molecule has 0 saturated carbocycles. The number of sulfonamides is 1. The first-order valence-electron chi connectivity index (χ1n) is 10.8. The molecule has 0 unspecified atom stereocenters. The predicted molar refractivity (Wildman–Crippen MR) is 130 cm³/mol. The molecule has 1 aliphatic heterocycles. The van der Waals surface area contributed by atoms with Crippen LogP contribution in [0.1, 0.15) is 22.8 Å². The van der Waals surface area contributed by atoms with Crippen molar-refractivity contribution in [3.63, 3.8) is 0 Å². The zero-order valence-electron chi connectivity index (χ0n) is 18.8. The second-order valence-electron chi connectivity index (χ2n) is 8.34. The van der Waals surface area contributed by atoms with Crippen LogP contribution in [-0.4, -0.2) is 39.6 Å². The van der Waals surface area contributed by atoms with E-state index in [-0.39, 0.29) is 22.8 Å². The van der Waals surface area contributed by atoms with Gasteiger partial charge >= 0.3 is 0 Å². The SMILES string of the molecule is COC[C@@H]1CN(Cc2ccc(-c3ccccc3S(N)(=O)=O)cc2)O[C@H]1c1cccc(C(=N)N)c1. The standard InChI is InChI=1S/C25H28N4O4S/c1-32-16-21-15-29(33-24(21)19-5-4-6-20(13-19)25(26)27)14-17-9-11-18(12-10-17)22-7-2-3-8-23(22)34(28,30)31/h2-13,21,24H,14-16H2,1H3,(H3,26,27)(H2,28,30,31)/t21-,24-/m0/s1. The molecule has 9 heteroatoms. The number of primary sulfonamides is 1. The van der Waals surface area contributed by atoms with Crippen LogP contribution in [0.3, 0.4) is 0 Å². The first-order chi connectivity index (χ1) is 16.3. The molecule has 0 aromatic heterocycles. The van der Waals surface area contributed by atoms with Crippen LogP contribution >= 0.6 is 0 Å². The predicted octanol–water partition coefficient (Wildman–Crippen LogP) is 3.04. The number of methoxy groups -OCH3 is 1. The zero-order chi connectivity index (χ0) is 24.3. The number of nitrogens with one attached hydrogen (secondary N) is 1. The molecule has 1 heterocycles. The van der Waals surface area contributed by atoms with Gasteiger partial charge in [-0.25, -0.2) is 13.6 Å². The molecule has 0 spiro atoms. The molecule has 3 aromatic rings. The van der Waals surface area contributed by atoms with Gasteiger partial charge in [0.1, 0.15) is 11.9 Å². The van der Waals surface area contributed by atoms with Gasteiger partial charge in [-0.2, -0.15) is 5.06 Å². The summed E-state index contributed by atoms with van der Waals surface area (Å²) in [7, 11) is -2.15. The van der Waals surface area contributed by atoms with E-state index >= 15 is 0 Å². The van der Waals surface area contributed by atoms with Gasteiger partial charge in [-0.15, -0.1) is 0 Å². The fourth-order valence-corrected chi connectivity index (χ4v) is 5.03. The van der Waals surface area contributed by atoms with Gasteiger partial charge in [0.05, 0.1) is 11.5 Å².